The quantitative estimate of drug-likeness (QED) is 0.646. The molecule has 2 heteroatoms. The summed E-state index contributed by atoms with van der Waals surface area (Å²) >= 11 is 0. The lowest BCUT2D eigenvalue weighted by Crippen LogP contribution is -1.97. The molecule has 0 heterocycles. The van der Waals surface area contributed by atoms with E-state index in [4.69, 9.17) is 5.26 Å². The fourth-order valence-electron chi connectivity index (χ4n) is 1.41. The largest absolute Gasteiger partial charge is 0.205 e. The normalized spacial score (nSPS) is 10.2. The first kappa shape index (κ1) is 9.73. The average Bonchev–Trinajstić information content (AvgIpc) is 2.09. The zero-order chi connectivity index (χ0) is 10.0. The van der Waals surface area contributed by atoms with Gasteiger partial charge in [0.1, 0.15) is 11.9 Å². The Balaban J connectivity index is 3.33. The van der Waals surface area contributed by atoms with Crippen LogP contribution in [0.25, 0.3) is 0 Å². The smallest absolute Gasteiger partial charge is 0.144 e. The molecule has 0 N–H and O–H groups in total. The molecule has 0 saturated carbocycles. The van der Waals surface area contributed by atoms with Crippen molar-refractivity contribution in [3.63, 3.8) is 0 Å². The van der Waals surface area contributed by atoms with E-state index in [1.54, 1.807) is 6.92 Å². The van der Waals surface area contributed by atoms with Gasteiger partial charge in [-0.1, -0.05) is 19.9 Å². The highest BCUT2D eigenvalue weighted by molar-refractivity contribution is 5.40. The van der Waals surface area contributed by atoms with Crippen LogP contribution in [0.4, 0.5) is 4.39 Å². The minimum absolute atomic E-state index is 0.127. The molecule has 0 aromatic heterocycles. The Kier molecular flexibility index (Phi) is 2.67. The summed E-state index contributed by atoms with van der Waals surface area (Å²) in [5.41, 5.74) is 1.69. The van der Waals surface area contributed by atoms with E-state index >= 15 is 0 Å². The predicted molar refractivity (Wildman–Crippen MR) is 49.9 cm³/mol. The zero-order valence-electron chi connectivity index (χ0n) is 8.06. The van der Waals surface area contributed by atoms with Crippen molar-refractivity contribution >= 4 is 0 Å². The van der Waals surface area contributed by atoms with Crippen molar-refractivity contribution in [2.75, 3.05) is 0 Å². The van der Waals surface area contributed by atoms with E-state index in [2.05, 4.69) is 0 Å². The van der Waals surface area contributed by atoms with E-state index in [0.717, 1.165) is 5.56 Å². The Morgan fingerprint density at radius 1 is 1.38 bits per heavy atom. The van der Waals surface area contributed by atoms with Gasteiger partial charge in [0, 0.05) is 0 Å². The summed E-state index contributed by atoms with van der Waals surface area (Å²) < 4.78 is 13.4. The Labute approximate surface area is 77.8 Å². The molecule has 0 fully saturated rings. The standard InChI is InChI=1S/C11H12FN/c1-7(2)10-5-4-9(6-13)11(12)8(10)3/h4-5,7H,1-3H3. The molecule has 1 nitrogen and oxygen atoms in total. The third kappa shape index (κ3) is 1.70. The van der Waals surface area contributed by atoms with Gasteiger partial charge in [0.15, 0.2) is 0 Å². The molecule has 1 rings (SSSR count). The first-order valence-electron chi connectivity index (χ1n) is 4.27. The topological polar surface area (TPSA) is 23.8 Å². The van der Waals surface area contributed by atoms with Crippen LogP contribution in [0.3, 0.4) is 0 Å². The molecule has 0 aliphatic rings. The average molecular weight is 177 g/mol. The van der Waals surface area contributed by atoms with Crippen molar-refractivity contribution < 1.29 is 4.39 Å². The van der Waals surface area contributed by atoms with Gasteiger partial charge in [-0.2, -0.15) is 5.26 Å². The molecule has 0 spiro atoms. The maximum Gasteiger partial charge on any atom is 0.144 e. The maximum absolute atomic E-state index is 13.4. The van der Waals surface area contributed by atoms with E-state index in [0.29, 0.717) is 11.5 Å². The van der Waals surface area contributed by atoms with Crippen LogP contribution in [0.2, 0.25) is 0 Å². The highest BCUT2D eigenvalue weighted by Gasteiger charge is 2.10. The van der Waals surface area contributed by atoms with Crippen LogP contribution >= 0.6 is 0 Å². The van der Waals surface area contributed by atoms with Crippen LogP contribution < -0.4 is 0 Å². The monoisotopic (exact) mass is 177 g/mol. The van der Waals surface area contributed by atoms with E-state index < -0.39 is 0 Å². The maximum atomic E-state index is 13.4. The molecule has 0 aliphatic heterocycles. The summed E-state index contributed by atoms with van der Waals surface area (Å²) in [4.78, 5) is 0. The molecule has 0 unspecified atom stereocenters. The fraction of sp³-hybridized carbons (Fsp3) is 0.364. The molecule has 0 saturated heterocycles. The molecule has 0 bridgehead atoms. The lowest BCUT2D eigenvalue weighted by atomic mass is 9.96. The summed E-state index contributed by atoms with van der Waals surface area (Å²) in [6.07, 6.45) is 0. The minimum atomic E-state index is -0.381. The molecule has 0 radical (unpaired) electrons. The van der Waals surface area contributed by atoms with Crippen LogP contribution in [0.1, 0.15) is 36.5 Å². The van der Waals surface area contributed by atoms with Crippen molar-refractivity contribution in [3.05, 3.63) is 34.6 Å². The second-order valence-electron chi connectivity index (χ2n) is 3.41. The Hall–Kier alpha value is -1.36. The zero-order valence-corrected chi connectivity index (χ0v) is 8.06. The molecule has 1 aromatic carbocycles. The summed E-state index contributed by atoms with van der Waals surface area (Å²) in [7, 11) is 0. The van der Waals surface area contributed by atoms with Crippen molar-refractivity contribution in [3.8, 4) is 6.07 Å². The van der Waals surface area contributed by atoms with Crippen LogP contribution in [0.5, 0.6) is 0 Å². The number of rotatable bonds is 1. The van der Waals surface area contributed by atoms with Gasteiger partial charge in [0.2, 0.25) is 0 Å². The molecule has 0 aliphatic carbocycles. The second kappa shape index (κ2) is 3.57. The first-order valence-corrected chi connectivity index (χ1v) is 4.27. The van der Waals surface area contributed by atoms with Crippen LogP contribution in [0.15, 0.2) is 12.1 Å². The van der Waals surface area contributed by atoms with Crippen molar-refractivity contribution in [2.45, 2.75) is 26.7 Å². The van der Waals surface area contributed by atoms with Gasteiger partial charge in [-0.25, -0.2) is 4.39 Å². The van der Waals surface area contributed by atoms with Crippen LogP contribution in [-0.2, 0) is 0 Å². The SMILES string of the molecule is Cc1c(C(C)C)ccc(C#N)c1F. The predicted octanol–water partition coefficient (Wildman–Crippen LogP) is 3.13. The lowest BCUT2D eigenvalue weighted by molar-refractivity contribution is 0.608. The minimum Gasteiger partial charge on any atom is -0.205 e. The summed E-state index contributed by atoms with van der Waals surface area (Å²) in [5.74, 6) is -0.0871. The fourth-order valence-corrected chi connectivity index (χ4v) is 1.41. The molecular weight excluding hydrogens is 165 g/mol. The molecule has 1 aromatic rings. The van der Waals surface area contributed by atoms with E-state index in [9.17, 15) is 4.39 Å². The number of nitrogens with zero attached hydrogens (tertiary/aromatic N) is 1. The first-order chi connectivity index (χ1) is 6.07. The third-order valence-electron chi connectivity index (χ3n) is 2.17. The van der Waals surface area contributed by atoms with Gasteiger partial charge < -0.3 is 0 Å². The van der Waals surface area contributed by atoms with Gasteiger partial charge in [0.25, 0.3) is 0 Å². The van der Waals surface area contributed by atoms with Crippen molar-refractivity contribution in [2.24, 2.45) is 0 Å². The highest BCUT2D eigenvalue weighted by Crippen LogP contribution is 2.22. The summed E-state index contributed by atoms with van der Waals surface area (Å²) in [6, 6.07) is 5.19. The molecule has 68 valence electrons. The number of hydrogen-bond donors (Lipinski definition) is 0. The second-order valence-corrected chi connectivity index (χ2v) is 3.41. The summed E-state index contributed by atoms with van der Waals surface area (Å²) in [5, 5.41) is 8.58. The lowest BCUT2D eigenvalue weighted by Gasteiger charge is -2.10. The van der Waals surface area contributed by atoms with Gasteiger partial charge in [-0.3, -0.25) is 0 Å². The van der Waals surface area contributed by atoms with Gasteiger partial charge in [-0.15, -0.1) is 0 Å². The number of nitriles is 1. The number of benzene rings is 1. The Morgan fingerprint density at radius 2 is 2.00 bits per heavy atom. The number of halogens is 1. The molecule has 13 heavy (non-hydrogen) atoms. The Bertz CT molecular complexity index is 361. The molecular formula is C11H12FN. The van der Waals surface area contributed by atoms with Gasteiger partial charge >= 0.3 is 0 Å². The van der Waals surface area contributed by atoms with Crippen LogP contribution in [-0.4, -0.2) is 0 Å². The van der Waals surface area contributed by atoms with Crippen molar-refractivity contribution in [1.82, 2.24) is 0 Å². The van der Waals surface area contributed by atoms with E-state index in [-0.39, 0.29) is 11.4 Å². The molecule has 0 amide bonds. The highest BCUT2D eigenvalue weighted by atomic mass is 19.1. The number of hydrogen-bond acceptors (Lipinski definition) is 1. The third-order valence-corrected chi connectivity index (χ3v) is 2.17. The molecule has 0 atom stereocenters. The van der Waals surface area contributed by atoms with Gasteiger partial charge in [-0.05, 0) is 30.0 Å². The summed E-state index contributed by atoms with van der Waals surface area (Å²) in [6.45, 7) is 5.73. The van der Waals surface area contributed by atoms with Crippen molar-refractivity contribution in [1.29, 1.82) is 5.26 Å². The van der Waals surface area contributed by atoms with E-state index in [1.165, 1.54) is 6.07 Å². The van der Waals surface area contributed by atoms with Crippen LogP contribution in [0, 0.1) is 24.1 Å². The van der Waals surface area contributed by atoms with Gasteiger partial charge in [0.05, 0.1) is 5.56 Å². The Morgan fingerprint density at radius 3 is 2.46 bits per heavy atom. The van der Waals surface area contributed by atoms with E-state index in [1.807, 2.05) is 26.0 Å².